The second-order valence-electron chi connectivity index (χ2n) is 6.30. The molecule has 2 atom stereocenters. The summed E-state index contributed by atoms with van der Waals surface area (Å²) >= 11 is 0. The second-order valence-corrected chi connectivity index (χ2v) is 6.30. The summed E-state index contributed by atoms with van der Waals surface area (Å²) in [5, 5.41) is 0. The minimum Gasteiger partial charge on any atom is -0.457 e. The topological polar surface area (TPSA) is 60.3 Å². The number of benzene rings is 2. The molecule has 2 unspecified atom stereocenters. The lowest BCUT2D eigenvalue weighted by Crippen LogP contribution is -2.08. The molecule has 120 valence electrons. The molecule has 0 aromatic heterocycles. The Bertz CT molecular complexity index is 721. The molecule has 23 heavy (non-hydrogen) atoms. The zero-order valence-electron chi connectivity index (χ0n) is 13.2. The Hall–Kier alpha value is -2.04. The minimum absolute atomic E-state index is 0.287. The third-order valence-corrected chi connectivity index (χ3v) is 4.41. The first-order valence-corrected chi connectivity index (χ1v) is 8.07. The van der Waals surface area contributed by atoms with Gasteiger partial charge in [0.2, 0.25) is 0 Å². The molecule has 2 aliphatic rings. The summed E-state index contributed by atoms with van der Waals surface area (Å²) < 4.78 is 17.0. The van der Waals surface area contributed by atoms with Crippen molar-refractivity contribution >= 4 is 5.69 Å². The highest BCUT2D eigenvalue weighted by Crippen LogP contribution is 2.36. The van der Waals surface area contributed by atoms with Gasteiger partial charge in [-0.05, 0) is 36.2 Å². The molecular formula is C19H21NO3. The number of anilines is 1. The van der Waals surface area contributed by atoms with Gasteiger partial charge >= 0.3 is 0 Å². The van der Waals surface area contributed by atoms with Gasteiger partial charge in [0.25, 0.3) is 0 Å². The number of hydrogen-bond acceptors (Lipinski definition) is 4. The molecule has 0 amide bonds. The van der Waals surface area contributed by atoms with Crippen LogP contribution in [0.15, 0.2) is 36.4 Å². The highest BCUT2D eigenvalue weighted by Gasteiger charge is 2.30. The van der Waals surface area contributed by atoms with Crippen LogP contribution in [0, 0.1) is 6.92 Å². The van der Waals surface area contributed by atoms with Crippen LogP contribution >= 0.6 is 0 Å². The minimum atomic E-state index is 0.287. The van der Waals surface area contributed by atoms with Gasteiger partial charge in [0.15, 0.2) is 0 Å². The van der Waals surface area contributed by atoms with Gasteiger partial charge < -0.3 is 19.9 Å². The smallest absolute Gasteiger partial charge is 0.131 e. The molecule has 0 radical (unpaired) electrons. The summed E-state index contributed by atoms with van der Waals surface area (Å²) in [6.07, 6.45) is 2.27. The van der Waals surface area contributed by atoms with Crippen LogP contribution < -0.4 is 10.5 Å². The van der Waals surface area contributed by atoms with Gasteiger partial charge in [-0.3, -0.25) is 0 Å². The molecule has 2 heterocycles. The zero-order chi connectivity index (χ0) is 15.8. The van der Waals surface area contributed by atoms with Crippen LogP contribution in [0.2, 0.25) is 0 Å². The third-order valence-electron chi connectivity index (χ3n) is 4.41. The average Bonchev–Trinajstić information content (AvgIpc) is 3.43. The molecule has 0 aliphatic carbocycles. The summed E-state index contributed by atoms with van der Waals surface area (Å²) in [7, 11) is 0. The largest absolute Gasteiger partial charge is 0.457 e. The van der Waals surface area contributed by atoms with Crippen LogP contribution in [-0.4, -0.2) is 25.4 Å². The molecule has 2 aliphatic heterocycles. The highest BCUT2D eigenvalue weighted by molar-refractivity contribution is 5.58. The fourth-order valence-corrected chi connectivity index (χ4v) is 2.87. The van der Waals surface area contributed by atoms with Gasteiger partial charge in [-0.2, -0.15) is 0 Å². The van der Waals surface area contributed by atoms with Crippen molar-refractivity contribution in [2.75, 3.05) is 18.9 Å². The molecule has 4 heteroatoms. The van der Waals surface area contributed by atoms with Crippen LogP contribution in [0.4, 0.5) is 5.69 Å². The molecule has 0 spiro atoms. The standard InChI is InChI=1S/C19H21NO3/c1-12-4-2-3-5-18(12)23-19-7-6-17(20)15(8-13-10-21-13)16(19)9-14-11-22-14/h2-7,13-14H,8-11,20H2,1H3. The van der Waals surface area contributed by atoms with Gasteiger partial charge in [-0.1, -0.05) is 18.2 Å². The Morgan fingerprint density at radius 1 is 0.957 bits per heavy atom. The van der Waals surface area contributed by atoms with E-state index >= 15 is 0 Å². The van der Waals surface area contributed by atoms with Gasteiger partial charge in [-0.25, -0.2) is 0 Å². The fourth-order valence-electron chi connectivity index (χ4n) is 2.87. The number of nitrogens with two attached hydrogens (primary N) is 1. The molecule has 0 bridgehead atoms. The first kappa shape index (κ1) is 14.5. The molecule has 2 aromatic carbocycles. The Labute approximate surface area is 136 Å². The summed E-state index contributed by atoms with van der Waals surface area (Å²) in [5.74, 6) is 1.75. The van der Waals surface area contributed by atoms with E-state index in [4.69, 9.17) is 19.9 Å². The molecular weight excluding hydrogens is 290 g/mol. The number of para-hydroxylation sites is 1. The first-order valence-electron chi connectivity index (χ1n) is 8.07. The number of aryl methyl sites for hydroxylation is 1. The zero-order valence-corrected chi connectivity index (χ0v) is 13.2. The molecule has 2 saturated heterocycles. The quantitative estimate of drug-likeness (QED) is 0.657. The second kappa shape index (κ2) is 5.87. The molecule has 4 nitrogen and oxygen atoms in total. The van der Waals surface area contributed by atoms with Gasteiger partial charge in [0, 0.05) is 24.1 Å². The lowest BCUT2D eigenvalue weighted by Gasteiger charge is -2.17. The molecule has 0 saturated carbocycles. The van der Waals surface area contributed by atoms with Crippen LogP contribution in [0.25, 0.3) is 0 Å². The molecule has 2 fully saturated rings. The number of epoxide rings is 2. The van der Waals surface area contributed by atoms with Crippen LogP contribution in [0.3, 0.4) is 0 Å². The van der Waals surface area contributed by atoms with Crippen molar-refractivity contribution in [2.45, 2.75) is 32.0 Å². The fraction of sp³-hybridized carbons (Fsp3) is 0.368. The Balaban J connectivity index is 1.70. The van der Waals surface area contributed by atoms with E-state index < -0.39 is 0 Å². The van der Waals surface area contributed by atoms with E-state index in [1.807, 2.05) is 30.3 Å². The first-order chi connectivity index (χ1) is 11.2. The van der Waals surface area contributed by atoms with E-state index in [0.717, 1.165) is 59.9 Å². The predicted molar refractivity (Wildman–Crippen MR) is 89.0 cm³/mol. The third kappa shape index (κ3) is 3.33. The van der Waals surface area contributed by atoms with Gasteiger partial charge in [0.05, 0.1) is 25.4 Å². The average molecular weight is 311 g/mol. The summed E-state index contributed by atoms with van der Waals surface area (Å²) in [6.45, 7) is 3.69. The number of nitrogen functional groups attached to an aromatic ring is 1. The van der Waals surface area contributed by atoms with Crippen molar-refractivity contribution in [2.24, 2.45) is 0 Å². The lowest BCUT2D eigenvalue weighted by atomic mass is 9.96. The van der Waals surface area contributed by atoms with E-state index in [9.17, 15) is 0 Å². The Kier molecular flexibility index (Phi) is 3.71. The van der Waals surface area contributed by atoms with Crippen molar-refractivity contribution in [3.8, 4) is 11.5 Å². The number of ether oxygens (including phenoxy) is 3. The Morgan fingerprint density at radius 3 is 2.26 bits per heavy atom. The highest BCUT2D eigenvalue weighted by atomic mass is 16.6. The summed E-state index contributed by atoms with van der Waals surface area (Å²) in [4.78, 5) is 0. The van der Waals surface area contributed by atoms with E-state index in [0.29, 0.717) is 6.10 Å². The van der Waals surface area contributed by atoms with E-state index in [-0.39, 0.29) is 6.10 Å². The number of rotatable bonds is 6. The van der Waals surface area contributed by atoms with Crippen LogP contribution in [0.5, 0.6) is 11.5 Å². The summed E-state index contributed by atoms with van der Waals surface area (Å²) in [6, 6.07) is 11.9. The maximum atomic E-state index is 6.23. The van der Waals surface area contributed by atoms with Crippen molar-refractivity contribution in [1.82, 2.24) is 0 Å². The molecule has 2 aromatic rings. The van der Waals surface area contributed by atoms with Crippen molar-refractivity contribution < 1.29 is 14.2 Å². The maximum absolute atomic E-state index is 6.23. The van der Waals surface area contributed by atoms with Crippen molar-refractivity contribution in [3.63, 3.8) is 0 Å². The SMILES string of the molecule is Cc1ccccc1Oc1ccc(N)c(CC2CO2)c1CC1CO1. The predicted octanol–water partition coefficient (Wildman–Crippen LogP) is 3.25. The molecule has 2 N–H and O–H groups in total. The monoisotopic (exact) mass is 311 g/mol. The van der Waals surface area contributed by atoms with E-state index in [1.165, 1.54) is 0 Å². The van der Waals surface area contributed by atoms with Gasteiger partial charge in [0.1, 0.15) is 11.5 Å². The lowest BCUT2D eigenvalue weighted by molar-refractivity contribution is 0.397. The normalized spacial score (nSPS) is 22.0. The summed E-state index contributed by atoms with van der Waals surface area (Å²) in [5.41, 5.74) is 10.5. The van der Waals surface area contributed by atoms with Crippen molar-refractivity contribution in [1.29, 1.82) is 0 Å². The number of hydrogen-bond donors (Lipinski definition) is 1. The Morgan fingerprint density at radius 2 is 1.61 bits per heavy atom. The van der Waals surface area contributed by atoms with E-state index in [2.05, 4.69) is 13.0 Å². The maximum Gasteiger partial charge on any atom is 0.131 e. The van der Waals surface area contributed by atoms with Crippen LogP contribution in [-0.2, 0) is 22.3 Å². The van der Waals surface area contributed by atoms with Crippen molar-refractivity contribution in [3.05, 3.63) is 53.1 Å². The molecule has 4 rings (SSSR count). The van der Waals surface area contributed by atoms with Crippen LogP contribution in [0.1, 0.15) is 16.7 Å². The van der Waals surface area contributed by atoms with E-state index in [1.54, 1.807) is 0 Å². The van der Waals surface area contributed by atoms with Gasteiger partial charge in [-0.15, -0.1) is 0 Å².